The topological polar surface area (TPSA) is 39.1 Å². The van der Waals surface area contributed by atoms with Crippen molar-refractivity contribution in [3.63, 3.8) is 0 Å². The van der Waals surface area contributed by atoms with Crippen molar-refractivity contribution in [2.75, 3.05) is 0 Å². The molecule has 0 aliphatic carbocycles. The number of hydrogen-bond donors (Lipinski definition) is 0. The summed E-state index contributed by atoms with van der Waals surface area (Å²) in [6.45, 7) is 4.50. The molecule has 5 aromatic carbocycles. The van der Waals surface area contributed by atoms with Crippen LogP contribution in [-0.2, 0) is 9.84 Å². The Kier molecular flexibility index (Phi) is 4.69. The molecule has 3 nitrogen and oxygen atoms in total. The van der Waals surface area contributed by atoms with E-state index in [0.29, 0.717) is 9.79 Å². The summed E-state index contributed by atoms with van der Waals surface area (Å²) in [7, 11) is -5.74. The van der Waals surface area contributed by atoms with Crippen molar-refractivity contribution in [1.29, 1.82) is 0 Å². The summed E-state index contributed by atoms with van der Waals surface area (Å²) < 4.78 is 29.3. The van der Waals surface area contributed by atoms with Crippen LogP contribution in [0.4, 0.5) is 0 Å². The average Bonchev–Trinajstić information content (AvgIpc) is 3.26. The van der Waals surface area contributed by atoms with Crippen molar-refractivity contribution in [2.24, 2.45) is 0 Å². The number of hydrogen-bond acceptors (Lipinski definition) is 2. The Balaban J connectivity index is 1.45. The van der Waals surface area contributed by atoms with E-state index in [4.69, 9.17) is 0 Å². The van der Waals surface area contributed by atoms with Crippen molar-refractivity contribution in [2.45, 2.75) is 22.9 Å². The van der Waals surface area contributed by atoms with E-state index < -0.39 is 17.9 Å². The van der Waals surface area contributed by atoms with Gasteiger partial charge in [-0.25, -0.2) is 8.42 Å². The first-order chi connectivity index (χ1) is 17.9. The smallest absolute Gasteiger partial charge is 0.206 e. The molecule has 1 aliphatic rings. The van der Waals surface area contributed by atoms with Gasteiger partial charge in [-0.3, -0.25) is 0 Å². The van der Waals surface area contributed by atoms with E-state index in [2.05, 4.69) is 90.5 Å². The lowest BCUT2D eigenvalue weighted by atomic mass is 10.0. The number of nitrogens with zero attached hydrogens (tertiary/aromatic N) is 1. The molecule has 0 unspecified atom stereocenters. The van der Waals surface area contributed by atoms with Crippen LogP contribution in [0.1, 0.15) is 0 Å². The van der Waals surface area contributed by atoms with Crippen LogP contribution in [0.15, 0.2) is 125 Å². The fourth-order valence-electron chi connectivity index (χ4n) is 5.92. The van der Waals surface area contributed by atoms with Gasteiger partial charge in [-0.15, -0.1) is 0 Å². The normalized spacial score (nSPS) is 15.4. The molecule has 5 heteroatoms. The number of para-hydroxylation sites is 2. The van der Waals surface area contributed by atoms with Crippen LogP contribution in [0.5, 0.6) is 0 Å². The van der Waals surface area contributed by atoms with Gasteiger partial charge < -0.3 is 4.57 Å². The minimum absolute atomic E-state index is 0.466. The van der Waals surface area contributed by atoms with Crippen LogP contribution in [0.2, 0.25) is 13.1 Å². The summed E-state index contributed by atoms with van der Waals surface area (Å²) in [5.41, 5.74) is 5.59. The second-order valence-electron chi connectivity index (χ2n) is 10.3. The van der Waals surface area contributed by atoms with E-state index in [-0.39, 0.29) is 0 Å². The molecule has 0 N–H and O–H groups in total. The van der Waals surface area contributed by atoms with E-state index in [1.807, 2.05) is 36.4 Å². The Morgan fingerprint density at radius 1 is 0.568 bits per heavy atom. The summed E-state index contributed by atoms with van der Waals surface area (Å²) in [5, 5.41) is 4.35. The number of aromatic nitrogens is 1. The standard InChI is InChI=1S/C32H25NO2SSi/c1-37(2)31-15-9-8-14-29(31)36(34,35)30-19-17-23(21-32(30)37)22-16-18-28-26(20-22)25-12-6-7-13-27(25)33(28)24-10-4-3-5-11-24/h3-21H,1-2H3. The lowest BCUT2D eigenvalue weighted by Gasteiger charge is -2.33. The molecule has 7 rings (SSSR count). The SMILES string of the molecule is C[Si]1(C)c2ccccc2S(=O)(=O)c2ccc(-c3ccc4c(c3)c3ccccc3n4-c3ccccc3)cc21. The fourth-order valence-corrected chi connectivity index (χ4v) is 12.4. The van der Waals surface area contributed by atoms with Gasteiger partial charge in [0.15, 0.2) is 0 Å². The maximum Gasteiger partial charge on any atom is 0.206 e. The molecule has 0 saturated heterocycles. The monoisotopic (exact) mass is 515 g/mol. The number of fused-ring (bicyclic) bond motifs is 5. The molecule has 2 heterocycles. The van der Waals surface area contributed by atoms with Crippen LogP contribution in [0, 0.1) is 0 Å². The third kappa shape index (κ3) is 3.14. The first-order valence-electron chi connectivity index (χ1n) is 12.5. The zero-order chi connectivity index (χ0) is 25.4. The predicted molar refractivity (Wildman–Crippen MR) is 155 cm³/mol. The van der Waals surface area contributed by atoms with Crippen LogP contribution < -0.4 is 10.4 Å². The summed E-state index contributed by atoms with van der Waals surface area (Å²) in [6, 6.07) is 39.0. The number of benzene rings is 5. The van der Waals surface area contributed by atoms with Crippen molar-refractivity contribution >= 4 is 50.1 Å². The molecule has 0 fully saturated rings. The number of rotatable bonds is 2. The Bertz CT molecular complexity index is 1970. The molecule has 6 aromatic rings. The van der Waals surface area contributed by atoms with Gasteiger partial charge in [-0.1, -0.05) is 85.9 Å². The van der Waals surface area contributed by atoms with Crippen molar-refractivity contribution in [1.82, 2.24) is 4.57 Å². The Labute approximate surface area is 217 Å². The van der Waals surface area contributed by atoms with Crippen molar-refractivity contribution in [3.8, 4) is 16.8 Å². The molecule has 1 aliphatic heterocycles. The Morgan fingerprint density at radius 2 is 1.19 bits per heavy atom. The lowest BCUT2D eigenvalue weighted by Crippen LogP contribution is -2.59. The summed E-state index contributed by atoms with van der Waals surface area (Å²) >= 11 is 0. The third-order valence-corrected chi connectivity index (χ3v) is 13.6. The maximum absolute atomic E-state index is 13.5. The van der Waals surface area contributed by atoms with Crippen molar-refractivity contribution in [3.05, 3.63) is 115 Å². The van der Waals surface area contributed by atoms with E-state index in [1.54, 1.807) is 6.07 Å². The van der Waals surface area contributed by atoms with Crippen LogP contribution >= 0.6 is 0 Å². The van der Waals surface area contributed by atoms with E-state index in [9.17, 15) is 8.42 Å². The molecule has 0 radical (unpaired) electrons. The van der Waals surface area contributed by atoms with Gasteiger partial charge in [-0.2, -0.15) is 0 Å². The first kappa shape index (κ1) is 22.3. The molecule has 0 bridgehead atoms. The van der Waals surface area contributed by atoms with Gasteiger partial charge in [0.1, 0.15) is 8.07 Å². The second-order valence-corrected chi connectivity index (χ2v) is 16.5. The van der Waals surface area contributed by atoms with Crippen LogP contribution in [-0.4, -0.2) is 21.1 Å². The maximum atomic E-state index is 13.5. The molecule has 0 atom stereocenters. The Hall–Kier alpha value is -3.93. The van der Waals surface area contributed by atoms with Gasteiger partial charge in [0, 0.05) is 16.5 Å². The highest BCUT2D eigenvalue weighted by Crippen LogP contribution is 2.36. The zero-order valence-electron chi connectivity index (χ0n) is 20.6. The number of sulfone groups is 1. The predicted octanol–water partition coefficient (Wildman–Crippen LogP) is 6.42. The molecular weight excluding hydrogens is 491 g/mol. The quantitative estimate of drug-likeness (QED) is 0.250. The van der Waals surface area contributed by atoms with Crippen LogP contribution in [0.25, 0.3) is 38.6 Å². The lowest BCUT2D eigenvalue weighted by molar-refractivity contribution is 0.596. The van der Waals surface area contributed by atoms with Gasteiger partial charge in [0.2, 0.25) is 9.84 Å². The van der Waals surface area contributed by atoms with Gasteiger partial charge in [-0.05, 0) is 64.0 Å². The van der Waals surface area contributed by atoms with E-state index in [1.165, 1.54) is 16.3 Å². The van der Waals surface area contributed by atoms with Gasteiger partial charge in [0.05, 0.1) is 20.8 Å². The molecule has 1 aromatic heterocycles. The summed E-state index contributed by atoms with van der Waals surface area (Å²) in [6.07, 6.45) is 0. The van der Waals surface area contributed by atoms with Gasteiger partial charge in [0.25, 0.3) is 0 Å². The fraction of sp³-hybridized carbons (Fsp3) is 0.0625. The third-order valence-electron chi connectivity index (χ3n) is 7.81. The zero-order valence-corrected chi connectivity index (χ0v) is 22.5. The highest BCUT2D eigenvalue weighted by molar-refractivity contribution is 7.92. The molecule has 0 amide bonds. The molecular formula is C32H25NO2SSi. The second kappa shape index (κ2) is 7.78. The minimum Gasteiger partial charge on any atom is -0.309 e. The highest BCUT2D eigenvalue weighted by atomic mass is 32.2. The van der Waals surface area contributed by atoms with Gasteiger partial charge >= 0.3 is 0 Å². The summed E-state index contributed by atoms with van der Waals surface area (Å²) in [5.74, 6) is 0. The molecule has 0 spiro atoms. The van der Waals surface area contributed by atoms with E-state index in [0.717, 1.165) is 32.7 Å². The largest absolute Gasteiger partial charge is 0.309 e. The molecule has 180 valence electrons. The van der Waals surface area contributed by atoms with E-state index >= 15 is 0 Å². The first-order valence-corrected chi connectivity index (χ1v) is 16.9. The molecule has 0 saturated carbocycles. The Morgan fingerprint density at radius 3 is 2.03 bits per heavy atom. The highest BCUT2D eigenvalue weighted by Gasteiger charge is 2.41. The minimum atomic E-state index is -3.53. The average molecular weight is 516 g/mol. The van der Waals surface area contributed by atoms with Crippen molar-refractivity contribution < 1.29 is 8.42 Å². The molecule has 37 heavy (non-hydrogen) atoms. The van der Waals surface area contributed by atoms with Crippen LogP contribution in [0.3, 0.4) is 0 Å². The summed E-state index contributed by atoms with van der Waals surface area (Å²) in [4.78, 5) is 0.940.